The minimum absolute atomic E-state index is 0.0301. The van der Waals surface area contributed by atoms with E-state index < -0.39 is 16.6 Å². The van der Waals surface area contributed by atoms with Crippen LogP contribution in [-0.4, -0.2) is 76.2 Å². The Labute approximate surface area is 252 Å². The predicted octanol–water partition coefficient (Wildman–Crippen LogP) is 3.63. The molecule has 4 atom stereocenters. The van der Waals surface area contributed by atoms with Crippen LogP contribution >= 0.6 is 0 Å². The molecule has 2 saturated heterocycles. The number of carbonyl (C=O) groups is 1. The second kappa shape index (κ2) is 9.13. The predicted molar refractivity (Wildman–Crippen MR) is 159 cm³/mol. The van der Waals surface area contributed by atoms with Crippen molar-refractivity contribution in [3.05, 3.63) is 41.6 Å². The quantitative estimate of drug-likeness (QED) is 0.296. The van der Waals surface area contributed by atoms with Gasteiger partial charge in [-0.25, -0.2) is 18.4 Å². The topological polar surface area (TPSA) is 128 Å². The first kappa shape index (κ1) is 27.7. The smallest absolute Gasteiger partial charge is 0.329 e. The van der Waals surface area contributed by atoms with E-state index in [0.29, 0.717) is 64.7 Å². The third-order valence-corrected chi connectivity index (χ3v) is 11.1. The van der Waals surface area contributed by atoms with Gasteiger partial charge >= 0.3 is 6.55 Å². The van der Waals surface area contributed by atoms with Crippen LogP contribution in [0, 0.1) is 24.7 Å². The number of imidazole rings is 1. The summed E-state index contributed by atoms with van der Waals surface area (Å²) in [5, 5.41) is 0.671. The highest BCUT2D eigenvalue weighted by Crippen LogP contribution is 2.63. The number of hydrogen-bond donors (Lipinski definition) is 1. The van der Waals surface area contributed by atoms with Gasteiger partial charge in [-0.2, -0.15) is 13.1 Å². The molecular formula is C30H33F2N7O4S. The average Bonchev–Trinajstić information content (AvgIpc) is 3.78. The number of halogens is 2. The van der Waals surface area contributed by atoms with Gasteiger partial charge in [0.15, 0.2) is 5.88 Å². The van der Waals surface area contributed by atoms with E-state index in [4.69, 9.17) is 15.5 Å². The van der Waals surface area contributed by atoms with E-state index in [9.17, 15) is 22.0 Å². The maximum absolute atomic E-state index is 13.8. The van der Waals surface area contributed by atoms with Crippen LogP contribution in [0.4, 0.5) is 14.6 Å². The highest BCUT2D eigenvalue weighted by molar-refractivity contribution is 7.92. The zero-order valence-electron chi connectivity index (χ0n) is 24.6. The Morgan fingerprint density at radius 2 is 2.00 bits per heavy atom. The van der Waals surface area contributed by atoms with Gasteiger partial charge in [0.2, 0.25) is 10.0 Å². The molecule has 0 aromatic carbocycles. The molecule has 44 heavy (non-hydrogen) atoms. The largest absolute Gasteiger partial charge is 0.482 e. The Hall–Kier alpha value is -3.78. The van der Waals surface area contributed by atoms with Gasteiger partial charge in [0.1, 0.15) is 22.8 Å². The van der Waals surface area contributed by atoms with E-state index in [1.54, 1.807) is 25.3 Å². The first-order valence-electron chi connectivity index (χ1n) is 14.8. The van der Waals surface area contributed by atoms with E-state index >= 15 is 0 Å². The van der Waals surface area contributed by atoms with Crippen molar-refractivity contribution < 1.29 is 26.7 Å². The standard InChI is InChI=1S/C30H33F2N7O4S/c1-15-25(21-9-18-6-7-22(39(29(31)32)44(3,41)42)35-27(18)36(21)13-16-4-5-16)34-23-10-19(11-24(43-2)38(15)23)28(40)37-14-17-8-20-26(37)30(20,33)12-17/h6-7,9-11,16-17,20,26,29H,4-5,8,12-14,33H2,1-3H3/t17-,20?,26+,30-/m0/s1. The first-order valence-corrected chi connectivity index (χ1v) is 16.7. The molecule has 4 bridgehead atoms. The number of sulfonamides is 1. The number of aryl methyl sites for hydroxylation is 1. The van der Waals surface area contributed by atoms with E-state index in [1.807, 2.05) is 26.9 Å². The SMILES string of the molecule is COc1cc(C(=O)N2C[C@H]3CC4[C@@H]2[C@]4(N)C3)cc2nc(-c3cc4ccc(N(C(F)F)S(C)(=O)=O)nc4n3CC3CC3)c(C)n12. The van der Waals surface area contributed by atoms with Crippen molar-refractivity contribution in [2.24, 2.45) is 23.5 Å². The fourth-order valence-corrected chi connectivity index (χ4v) is 8.61. The van der Waals surface area contributed by atoms with Gasteiger partial charge in [0.05, 0.1) is 30.8 Å². The number of hydrogen-bond acceptors (Lipinski definition) is 7. The number of anilines is 1. The number of methoxy groups -OCH3 is 1. The molecule has 3 saturated carbocycles. The zero-order valence-corrected chi connectivity index (χ0v) is 25.4. The summed E-state index contributed by atoms with van der Waals surface area (Å²) >= 11 is 0. The lowest BCUT2D eigenvalue weighted by atomic mass is 9.93. The monoisotopic (exact) mass is 625 g/mol. The minimum atomic E-state index is -4.27. The number of nitrogens with two attached hydrogens (primary N) is 1. The van der Waals surface area contributed by atoms with Crippen molar-refractivity contribution in [2.75, 3.05) is 24.2 Å². The minimum Gasteiger partial charge on any atom is -0.482 e. The van der Waals surface area contributed by atoms with Crippen molar-refractivity contribution in [1.29, 1.82) is 0 Å². The molecule has 2 aliphatic heterocycles. The molecule has 5 fully saturated rings. The molecule has 6 heterocycles. The van der Waals surface area contributed by atoms with Crippen molar-refractivity contribution in [3.8, 4) is 17.3 Å². The van der Waals surface area contributed by atoms with Crippen molar-refractivity contribution in [2.45, 2.75) is 57.3 Å². The zero-order chi connectivity index (χ0) is 30.9. The maximum Gasteiger partial charge on any atom is 0.329 e. The highest BCUT2D eigenvalue weighted by atomic mass is 32.2. The molecule has 2 N–H and O–H groups in total. The Bertz CT molecular complexity index is 1990. The Morgan fingerprint density at radius 1 is 1.23 bits per heavy atom. The number of ether oxygens (including phenoxy) is 1. The van der Waals surface area contributed by atoms with Crippen LogP contribution in [0.2, 0.25) is 0 Å². The van der Waals surface area contributed by atoms with Gasteiger partial charge in [-0.1, -0.05) is 0 Å². The summed E-state index contributed by atoms with van der Waals surface area (Å²) in [5.41, 5.74) is 9.90. The van der Waals surface area contributed by atoms with Crippen LogP contribution in [0.3, 0.4) is 0 Å². The number of pyridine rings is 2. The van der Waals surface area contributed by atoms with Gasteiger partial charge in [-0.15, -0.1) is 0 Å². The van der Waals surface area contributed by atoms with E-state index in [2.05, 4.69) is 4.98 Å². The number of carbonyl (C=O) groups excluding carboxylic acids is 1. The third-order valence-electron chi connectivity index (χ3n) is 10.0. The number of nitrogens with zero attached hydrogens (tertiary/aromatic N) is 6. The summed E-state index contributed by atoms with van der Waals surface area (Å²) in [4.78, 5) is 25.1. The Morgan fingerprint density at radius 3 is 2.61 bits per heavy atom. The molecule has 4 aromatic rings. The summed E-state index contributed by atoms with van der Waals surface area (Å²) in [6.07, 6.45) is 4.86. The number of fused-ring (bicyclic) bond motifs is 3. The summed E-state index contributed by atoms with van der Waals surface area (Å²) in [5.74, 6) is 1.25. The van der Waals surface area contributed by atoms with Crippen LogP contribution in [0.15, 0.2) is 30.3 Å². The maximum atomic E-state index is 13.8. The van der Waals surface area contributed by atoms with Crippen molar-refractivity contribution in [1.82, 2.24) is 23.8 Å². The summed E-state index contributed by atoms with van der Waals surface area (Å²) < 4.78 is 61.6. The summed E-state index contributed by atoms with van der Waals surface area (Å²) in [7, 11) is -2.72. The van der Waals surface area contributed by atoms with E-state index in [0.717, 1.165) is 43.3 Å². The van der Waals surface area contributed by atoms with Crippen LogP contribution in [-0.2, 0) is 16.6 Å². The molecule has 1 unspecified atom stereocenters. The van der Waals surface area contributed by atoms with Gasteiger partial charge in [0, 0.05) is 41.6 Å². The number of piperidine rings is 2. The molecule has 11 nitrogen and oxygen atoms in total. The second-order valence-electron chi connectivity index (χ2n) is 13.0. The molecule has 0 radical (unpaired) electrons. The van der Waals surface area contributed by atoms with Crippen LogP contribution in [0.5, 0.6) is 5.88 Å². The number of amides is 1. The first-order chi connectivity index (χ1) is 20.9. The van der Waals surface area contributed by atoms with E-state index in [1.165, 1.54) is 6.07 Å². The molecule has 9 rings (SSSR count). The van der Waals surface area contributed by atoms with Gasteiger partial charge < -0.3 is 19.9 Å². The normalized spacial score (nSPS) is 25.8. The number of alkyl halides is 2. The van der Waals surface area contributed by atoms with Crippen molar-refractivity contribution in [3.63, 3.8) is 0 Å². The second-order valence-corrected chi connectivity index (χ2v) is 14.8. The molecular weight excluding hydrogens is 592 g/mol. The number of aromatic nitrogens is 4. The van der Waals surface area contributed by atoms with Crippen molar-refractivity contribution >= 4 is 38.4 Å². The molecule has 3 aliphatic carbocycles. The Kier molecular flexibility index (Phi) is 5.76. The van der Waals surface area contributed by atoms with Gasteiger partial charge in [0.25, 0.3) is 5.91 Å². The lowest BCUT2D eigenvalue weighted by Crippen LogP contribution is -2.49. The number of rotatable bonds is 8. The van der Waals surface area contributed by atoms with Gasteiger partial charge in [-0.05, 0) is 68.7 Å². The Balaban J connectivity index is 1.24. The molecule has 4 aromatic heterocycles. The van der Waals surface area contributed by atoms with Crippen LogP contribution < -0.4 is 14.8 Å². The molecule has 232 valence electrons. The molecule has 1 amide bonds. The highest BCUT2D eigenvalue weighted by Gasteiger charge is 2.73. The molecule has 0 spiro atoms. The lowest BCUT2D eigenvalue weighted by molar-refractivity contribution is 0.0590. The van der Waals surface area contributed by atoms with Crippen LogP contribution in [0.25, 0.3) is 28.1 Å². The molecule has 5 aliphatic rings. The fraction of sp³-hybridized carbons (Fsp3) is 0.500. The lowest BCUT2D eigenvalue weighted by Gasteiger charge is -2.36. The summed E-state index contributed by atoms with van der Waals surface area (Å²) in [6, 6.07) is 8.39. The average molecular weight is 626 g/mol. The summed E-state index contributed by atoms with van der Waals surface area (Å²) in [6.45, 7) is -0.0754. The third kappa shape index (κ3) is 3.99. The molecule has 14 heteroatoms. The van der Waals surface area contributed by atoms with Crippen LogP contribution in [0.1, 0.15) is 41.7 Å². The fourth-order valence-electron chi connectivity index (χ4n) is 7.88. The van der Waals surface area contributed by atoms with Gasteiger partial charge in [-0.3, -0.25) is 9.20 Å². The van der Waals surface area contributed by atoms with E-state index in [-0.39, 0.29) is 27.6 Å².